The summed E-state index contributed by atoms with van der Waals surface area (Å²) in [5.74, 6) is 0. The van der Waals surface area contributed by atoms with Crippen LogP contribution in [-0.2, 0) is 25.7 Å². The van der Waals surface area contributed by atoms with Crippen molar-refractivity contribution in [3.05, 3.63) is 41.3 Å². The highest BCUT2D eigenvalue weighted by molar-refractivity contribution is 5.40. The van der Waals surface area contributed by atoms with Gasteiger partial charge in [0.15, 0.2) is 0 Å². The molecule has 0 amide bonds. The molecule has 0 spiro atoms. The summed E-state index contributed by atoms with van der Waals surface area (Å²) in [5.41, 5.74) is 6.83. The first kappa shape index (κ1) is 37.2. The Kier molecular flexibility index (Phi) is 26.4. The third-order valence-electron chi connectivity index (χ3n) is 9.09. The Hall–Kier alpha value is -0.780. The minimum absolute atomic E-state index is 1.06. The Balaban J connectivity index is 2.76. The van der Waals surface area contributed by atoms with Gasteiger partial charge in [0.05, 0.1) is 0 Å². The molecule has 1 radical (unpaired) electrons. The molecular weight excluding hydrogens is 480 g/mol. The molecule has 0 saturated heterocycles. The van der Waals surface area contributed by atoms with Gasteiger partial charge in [0.25, 0.3) is 0 Å². The maximum atomic E-state index is 4.14. The smallest absolute Gasteiger partial charge is 0.0273 e. The summed E-state index contributed by atoms with van der Waals surface area (Å²) in [4.78, 5) is 0. The first-order valence-electron chi connectivity index (χ1n) is 18.7. The molecule has 0 N–H and O–H groups in total. The van der Waals surface area contributed by atoms with Crippen molar-refractivity contribution in [2.75, 3.05) is 0 Å². The van der Waals surface area contributed by atoms with Gasteiger partial charge in [-0.2, -0.15) is 0 Å². The van der Waals surface area contributed by atoms with Crippen LogP contribution in [0.25, 0.3) is 0 Å². The highest BCUT2D eigenvalue weighted by Crippen LogP contribution is 2.26. The van der Waals surface area contributed by atoms with Gasteiger partial charge in [0.1, 0.15) is 0 Å². The predicted molar refractivity (Wildman–Crippen MR) is 184 cm³/mol. The fourth-order valence-electron chi connectivity index (χ4n) is 6.44. The molecule has 0 heteroatoms. The van der Waals surface area contributed by atoms with Gasteiger partial charge in [-0.05, 0) is 73.6 Å². The number of hydrogen-bond acceptors (Lipinski definition) is 0. The quantitative estimate of drug-likeness (QED) is 0.0831. The second-order valence-corrected chi connectivity index (χ2v) is 13.0. The zero-order valence-corrected chi connectivity index (χ0v) is 28.1. The van der Waals surface area contributed by atoms with Crippen LogP contribution in [0, 0.1) is 6.92 Å². The molecule has 1 rings (SSSR count). The van der Waals surface area contributed by atoms with Crippen molar-refractivity contribution in [3.63, 3.8) is 0 Å². The number of benzene rings is 1. The molecule has 1 aromatic carbocycles. The number of hydrogen-bond donors (Lipinski definition) is 0. The number of unbranched alkanes of at least 4 members (excludes halogenated alkanes) is 22. The molecule has 0 aliphatic heterocycles. The second-order valence-electron chi connectivity index (χ2n) is 13.0. The Morgan fingerprint density at radius 2 is 0.700 bits per heavy atom. The lowest BCUT2D eigenvalue weighted by molar-refractivity contribution is 0.567. The van der Waals surface area contributed by atoms with Crippen LogP contribution in [0.1, 0.15) is 210 Å². The fraction of sp³-hybridized carbons (Fsp3) is 0.825. The van der Waals surface area contributed by atoms with Crippen LogP contribution in [0.5, 0.6) is 0 Å². The normalized spacial score (nSPS) is 11.5. The lowest BCUT2D eigenvalue weighted by Gasteiger charge is -2.18. The van der Waals surface area contributed by atoms with Crippen molar-refractivity contribution in [2.45, 2.75) is 213 Å². The third-order valence-corrected chi connectivity index (χ3v) is 9.09. The van der Waals surface area contributed by atoms with Crippen molar-refractivity contribution in [3.8, 4) is 0 Å². The van der Waals surface area contributed by atoms with Crippen LogP contribution in [0.15, 0.2) is 12.1 Å². The zero-order valence-electron chi connectivity index (χ0n) is 28.1. The van der Waals surface area contributed by atoms with Gasteiger partial charge in [0, 0.05) is 0 Å². The Labute approximate surface area is 254 Å². The second kappa shape index (κ2) is 28.3. The summed E-state index contributed by atoms with van der Waals surface area (Å²) in [6.45, 7) is 11.1. The van der Waals surface area contributed by atoms with Gasteiger partial charge >= 0.3 is 0 Å². The van der Waals surface area contributed by atoms with Gasteiger partial charge in [0.2, 0.25) is 0 Å². The van der Waals surface area contributed by atoms with Crippen LogP contribution in [-0.4, -0.2) is 0 Å². The summed E-state index contributed by atoms with van der Waals surface area (Å²) >= 11 is 0. The lowest BCUT2D eigenvalue weighted by Crippen LogP contribution is -2.05. The van der Waals surface area contributed by atoms with E-state index in [0.29, 0.717) is 0 Å². The molecule has 1 aromatic rings. The zero-order chi connectivity index (χ0) is 28.9. The molecule has 0 aliphatic rings. The van der Waals surface area contributed by atoms with Crippen molar-refractivity contribution in [1.82, 2.24) is 0 Å². The Bertz CT molecular complexity index is 615. The Morgan fingerprint density at radius 3 is 1.05 bits per heavy atom. The first-order valence-corrected chi connectivity index (χ1v) is 18.7. The van der Waals surface area contributed by atoms with Crippen molar-refractivity contribution in [1.29, 1.82) is 0 Å². The highest BCUT2D eigenvalue weighted by atomic mass is 14.2. The van der Waals surface area contributed by atoms with E-state index in [1.165, 1.54) is 186 Å². The van der Waals surface area contributed by atoms with E-state index >= 15 is 0 Å². The standard InChI is InChI=1S/C40H73/c1-5-9-13-16-19-22-25-28-32-38-35-37(31-12-8-4)36-39(33-29-26-23-20-17-14-10-6-2)40(38)34-30-27-24-21-18-15-11-7-3/h35-36H,4-34H2,1-3H3. The van der Waals surface area contributed by atoms with Crippen LogP contribution < -0.4 is 0 Å². The number of rotatable bonds is 30. The third kappa shape index (κ3) is 20.2. The van der Waals surface area contributed by atoms with Crippen LogP contribution in [0.3, 0.4) is 0 Å². The van der Waals surface area contributed by atoms with E-state index < -0.39 is 0 Å². The SMILES string of the molecule is [CH2]CCCc1cc(CCCCCCCCCC)c(CCCCCCCCCC)c(CCCCCCCCCC)c1. The Morgan fingerprint density at radius 1 is 0.375 bits per heavy atom. The lowest BCUT2D eigenvalue weighted by atomic mass is 9.87. The monoisotopic (exact) mass is 554 g/mol. The average molecular weight is 554 g/mol. The molecule has 233 valence electrons. The molecule has 0 fully saturated rings. The summed E-state index contributed by atoms with van der Waals surface area (Å²) in [6, 6.07) is 5.27. The largest absolute Gasteiger partial charge is 0.0654 e. The maximum Gasteiger partial charge on any atom is -0.0273 e. The minimum Gasteiger partial charge on any atom is -0.0654 e. The van der Waals surface area contributed by atoms with E-state index in [1.807, 2.05) is 0 Å². The summed E-state index contributed by atoms with van der Waals surface area (Å²) in [5, 5.41) is 0. The molecule has 0 aliphatic carbocycles. The van der Waals surface area contributed by atoms with E-state index in [1.54, 1.807) is 22.3 Å². The van der Waals surface area contributed by atoms with Crippen molar-refractivity contribution < 1.29 is 0 Å². The van der Waals surface area contributed by atoms with Gasteiger partial charge in [-0.25, -0.2) is 0 Å². The molecule has 0 nitrogen and oxygen atoms in total. The summed E-state index contributed by atoms with van der Waals surface area (Å²) in [7, 11) is 0. The van der Waals surface area contributed by atoms with Crippen LogP contribution >= 0.6 is 0 Å². The first-order chi connectivity index (χ1) is 19.8. The van der Waals surface area contributed by atoms with Crippen LogP contribution in [0.2, 0.25) is 0 Å². The molecular formula is C40H73. The highest BCUT2D eigenvalue weighted by Gasteiger charge is 2.12. The maximum absolute atomic E-state index is 4.14. The molecule has 0 heterocycles. The molecule has 0 saturated carbocycles. The molecule has 40 heavy (non-hydrogen) atoms. The topological polar surface area (TPSA) is 0 Å². The van der Waals surface area contributed by atoms with E-state index in [0.717, 1.165) is 6.42 Å². The minimum atomic E-state index is 1.06. The molecule has 0 unspecified atom stereocenters. The average Bonchev–Trinajstić information content (AvgIpc) is 2.96. The molecule has 0 aromatic heterocycles. The van der Waals surface area contributed by atoms with Gasteiger partial charge < -0.3 is 0 Å². The fourth-order valence-corrected chi connectivity index (χ4v) is 6.44. The van der Waals surface area contributed by atoms with Gasteiger partial charge in [-0.3, -0.25) is 0 Å². The van der Waals surface area contributed by atoms with E-state index in [2.05, 4.69) is 39.8 Å². The predicted octanol–water partition coefficient (Wildman–Crippen LogP) is 13.9. The van der Waals surface area contributed by atoms with E-state index in [9.17, 15) is 0 Å². The number of aryl methyl sites for hydroxylation is 3. The molecule has 0 bridgehead atoms. The van der Waals surface area contributed by atoms with Gasteiger partial charge in [-0.1, -0.05) is 181 Å². The summed E-state index contributed by atoms with van der Waals surface area (Å²) in [6.07, 6.45) is 41.5. The van der Waals surface area contributed by atoms with E-state index in [-0.39, 0.29) is 0 Å². The van der Waals surface area contributed by atoms with E-state index in [4.69, 9.17) is 0 Å². The van der Waals surface area contributed by atoms with Crippen molar-refractivity contribution >= 4 is 0 Å². The van der Waals surface area contributed by atoms with Crippen molar-refractivity contribution in [2.24, 2.45) is 0 Å². The summed E-state index contributed by atoms with van der Waals surface area (Å²) < 4.78 is 0. The van der Waals surface area contributed by atoms with Crippen LogP contribution in [0.4, 0.5) is 0 Å². The molecule has 0 atom stereocenters. The van der Waals surface area contributed by atoms with Gasteiger partial charge in [-0.15, -0.1) is 0 Å².